The molecule has 2 aromatic rings. The lowest BCUT2D eigenvalue weighted by Crippen LogP contribution is -2.27. The van der Waals surface area contributed by atoms with Gasteiger partial charge in [0.1, 0.15) is 10.8 Å². The number of pyridine rings is 1. The maximum absolute atomic E-state index is 12.1. The van der Waals surface area contributed by atoms with E-state index in [9.17, 15) is 4.79 Å². The van der Waals surface area contributed by atoms with Gasteiger partial charge in [0, 0.05) is 5.02 Å². The topological polar surface area (TPSA) is 42.0 Å². The molecule has 0 fully saturated rings. The average Bonchev–Trinajstić information content (AvgIpc) is 2.42. The number of carbonyl (C=O) groups excluding carboxylic acids is 1. The molecule has 0 aliphatic heterocycles. The first-order valence-electron chi connectivity index (χ1n) is 5.86. The van der Waals surface area contributed by atoms with Crippen LogP contribution < -0.4 is 5.32 Å². The molecule has 1 aromatic heterocycles. The Hall–Kier alpha value is -1.29. The molecular weight excluding hydrogens is 319 g/mol. The Morgan fingerprint density at radius 2 is 1.75 bits per heavy atom. The summed E-state index contributed by atoms with van der Waals surface area (Å²) in [5, 5.41) is 3.94. The Morgan fingerprint density at radius 3 is 2.40 bits per heavy atom. The highest BCUT2D eigenvalue weighted by atomic mass is 35.5. The SMILES string of the molecule is CC(NC(=O)c1nc(Cl)ccc1Cl)c1ccc(Cl)cc1. The van der Waals surface area contributed by atoms with Gasteiger partial charge in [-0.1, -0.05) is 46.9 Å². The third kappa shape index (κ3) is 3.63. The predicted molar refractivity (Wildman–Crippen MR) is 81.6 cm³/mol. The summed E-state index contributed by atoms with van der Waals surface area (Å²) in [6.45, 7) is 1.86. The Labute approximate surface area is 131 Å². The molecule has 0 aliphatic carbocycles. The molecular formula is C14H11Cl3N2O. The van der Waals surface area contributed by atoms with Crippen LogP contribution in [0.25, 0.3) is 0 Å². The first kappa shape index (κ1) is 15.1. The van der Waals surface area contributed by atoms with E-state index in [1.807, 2.05) is 19.1 Å². The van der Waals surface area contributed by atoms with Crippen molar-refractivity contribution in [3.63, 3.8) is 0 Å². The molecule has 1 atom stereocenters. The van der Waals surface area contributed by atoms with Crippen LogP contribution in [0.5, 0.6) is 0 Å². The number of halogens is 3. The number of hydrogen-bond donors (Lipinski definition) is 1. The Balaban J connectivity index is 2.15. The zero-order valence-electron chi connectivity index (χ0n) is 10.5. The lowest BCUT2D eigenvalue weighted by Gasteiger charge is -2.14. The van der Waals surface area contributed by atoms with Crippen molar-refractivity contribution in [2.75, 3.05) is 0 Å². The molecule has 1 N–H and O–H groups in total. The summed E-state index contributed by atoms with van der Waals surface area (Å²) >= 11 is 17.5. The minimum Gasteiger partial charge on any atom is -0.344 e. The van der Waals surface area contributed by atoms with Gasteiger partial charge in [-0.25, -0.2) is 4.98 Å². The number of hydrogen-bond acceptors (Lipinski definition) is 2. The summed E-state index contributed by atoms with van der Waals surface area (Å²) in [7, 11) is 0. The van der Waals surface area contributed by atoms with Crippen LogP contribution >= 0.6 is 34.8 Å². The fourth-order valence-electron chi connectivity index (χ4n) is 1.68. The van der Waals surface area contributed by atoms with Crippen LogP contribution in [0, 0.1) is 0 Å². The van der Waals surface area contributed by atoms with E-state index in [-0.39, 0.29) is 27.8 Å². The summed E-state index contributed by atoms with van der Waals surface area (Å²) in [6, 6.07) is 10.1. The van der Waals surface area contributed by atoms with Crippen LogP contribution in [0.3, 0.4) is 0 Å². The molecule has 0 spiro atoms. The number of nitrogens with zero attached hydrogens (tertiary/aromatic N) is 1. The number of benzene rings is 1. The normalized spacial score (nSPS) is 12.0. The van der Waals surface area contributed by atoms with Crippen molar-refractivity contribution in [3.8, 4) is 0 Å². The van der Waals surface area contributed by atoms with E-state index in [1.165, 1.54) is 6.07 Å². The van der Waals surface area contributed by atoms with Crippen molar-refractivity contribution in [2.45, 2.75) is 13.0 Å². The van der Waals surface area contributed by atoms with Crippen molar-refractivity contribution in [2.24, 2.45) is 0 Å². The van der Waals surface area contributed by atoms with Crippen LogP contribution in [0.1, 0.15) is 29.0 Å². The third-order valence-electron chi connectivity index (χ3n) is 2.74. The highest BCUT2D eigenvalue weighted by Gasteiger charge is 2.16. The molecule has 1 aromatic carbocycles. The smallest absolute Gasteiger partial charge is 0.271 e. The third-order valence-corrected chi connectivity index (χ3v) is 3.51. The van der Waals surface area contributed by atoms with Crippen LogP contribution in [0.15, 0.2) is 36.4 Å². The van der Waals surface area contributed by atoms with Crippen LogP contribution in [0.2, 0.25) is 15.2 Å². The van der Waals surface area contributed by atoms with Gasteiger partial charge in [-0.3, -0.25) is 4.79 Å². The number of carbonyl (C=O) groups is 1. The summed E-state index contributed by atoms with van der Waals surface area (Å²) in [6.07, 6.45) is 0. The Morgan fingerprint density at radius 1 is 1.10 bits per heavy atom. The van der Waals surface area contributed by atoms with Crippen molar-refractivity contribution in [1.82, 2.24) is 10.3 Å². The summed E-state index contributed by atoms with van der Waals surface area (Å²) in [5.74, 6) is -0.375. The van der Waals surface area contributed by atoms with Gasteiger partial charge in [0.15, 0.2) is 0 Å². The molecule has 1 amide bonds. The maximum Gasteiger partial charge on any atom is 0.271 e. The van der Waals surface area contributed by atoms with Gasteiger partial charge >= 0.3 is 0 Å². The molecule has 20 heavy (non-hydrogen) atoms. The molecule has 0 saturated heterocycles. The second-order valence-corrected chi connectivity index (χ2v) is 5.44. The van der Waals surface area contributed by atoms with Crippen molar-refractivity contribution in [1.29, 1.82) is 0 Å². The lowest BCUT2D eigenvalue weighted by molar-refractivity contribution is 0.0935. The molecule has 0 aliphatic rings. The summed E-state index contributed by atoms with van der Waals surface area (Å²) in [5.41, 5.74) is 1.04. The maximum atomic E-state index is 12.1. The van der Waals surface area contributed by atoms with Gasteiger partial charge in [0.2, 0.25) is 0 Å². The number of aromatic nitrogens is 1. The molecule has 1 heterocycles. The van der Waals surface area contributed by atoms with E-state index < -0.39 is 0 Å². The van der Waals surface area contributed by atoms with Crippen LogP contribution in [-0.4, -0.2) is 10.9 Å². The fraction of sp³-hybridized carbons (Fsp3) is 0.143. The number of nitrogens with one attached hydrogen (secondary N) is 1. The summed E-state index contributed by atoms with van der Waals surface area (Å²) < 4.78 is 0. The van der Waals surface area contributed by atoms with Gasteiger partial charge in [-0.15, -0.1) is 0 Å². The van der Waals surface area contributed by atoms with E-state index in [0.717, 1.165) is 5.56 Å². The van der Waals surface area contributed by atoms with Gasteiger partial charge < -0.3 is 5.32 Å². The standard InChI is InChI=1S/C14H11Cl3N2O/c1-8(9-2-4-10(15)5-3-9)18-14(20)13-11(16)6-7-12(17)19-13/h2-8H,1H3,(H,18,20). The molecule has 104 valence electrons. The average molecular weight is 330 g/mol. The molecule has 6 heteroatoms. The van der Waals surface area contributed by atoms with Gasteiger partial charge in [-0.05, 0) is 36.8 Å². The number of amides is 1. The molecule has 3 nitrogen and oxygen atoms in total. The van der Waals surface area contributed by atoms with Crippen LogP contribution in [-0.2, 0) is 0 Å². The molecule has 0 saturated carbocycles. The number of rotatable bonds is 3. The zero-order valence-corrected chi connectivity index (χ0v) is 12.8. The predicted octanol–water partition coefficient (Wildman–Crippen LogP) is 4.53. The van der Waals surface area contributed by atoms with Gasteiger partial charge in [0.05, 0.1) is 11.1 Å². The van der Waals surface area contributed by atoms with Crippen molar-refractivity contribution < 1.29 is 4.79 Å². The second kappa shape index (κ2) is 6.44. The van der Waals surface area contributed by atoms with Gasteiger partial charge in [-0.2, -0.15) is 0 Å². The Kier molecular flexibility index (Phi) is 4.86. The molecule has 0 radical (unpaired) electrons. The second-order valence-electron chi connectivity index (χ2n) is 4.21. The minimum atomic E-state index is -0.375. The molecule has 2 rings (SSSR count). The largest absolute Gasteiger partial charge is 0.344 e. The van der Waals surface area contributed by atoms with Crippen LogP contribution in [0.4, 0.5) is 0 Å². The van der Waals surface area contributed by atoms with Crippen molar-refractivity contribution in [3.05, 3.63) is 62.9 Å². The van der Waals surface area contributed by atoms with E-state index >= 15 is 0 Å². The monoisotopic (exact) mass is 328 g/mol. The fourth-order valence-corrected chi connectivity index (χ4v) is 2.14. The van der Waals surface area contributed by atoms with E-state index in [2.05, 4.69) is 10.3 Å². The quantitative estimate of drug-likeness (QED) is 0.840. The van der Waals surface area contributed by atoms with E-state index in [0.29, 0.717) is 5.02 Å². The van der Waals surface area contributed by atoms with Crippen molar-refractivity contribution >= 4 is 40.7 Å². The summed E-state index contributed by atoms with van der Waals surface area (Å²) in [4.78, 5) is 16.1. The molecule has 1 unspecified atom stereocenters. The minimum absolute atomic E-state index is 0.111. The van der Waals surface area contributed by atoms with E-state index in [1.54, 1.807) is 18.2 Å². The molecule has 0 bridgehead atoms. The van der Waals surface area contributed by atoms with Gasteiger partial charge in [0.25, 0.3) is 5.91 Å². The lowest BCUT2D eigenvalue weighted by atomic mass is 10.1. The zero-order chi connectivity index (χ0) is 14.7. The van der Waals surface area contributed by atoms with E-state index in [4.69, 9.17) is 34.8 Å². The Bertz CT molecular complexity index is 629. The highest BCUT2D eigenvalue weighted by molar-refractivity contribution is 6.34. The first-order valence-corrected chi connectivity index (χ1v) is 6.99. The first-order chi connectivity index (χ1) is 9.47. The highest BCUT2D eigenvalue weighted by Crippen LogP contribution is 2.19.